The van der Waals surface area contributed by atoms with E-state index in [0.29, 0.717) is 19.4 Å². The lowest BCUT2D eigenvalue weighted by atomic mass is 10.0. The van der Waals surface area contributed by atoms with Crippen molar-refractivity contribution in [2.75, 3.05) is 25.1 Å². The second-order valence-corrected chi connectivity index (χ2v) is 10.5. The molecule has 0 aliphatic rings. The van der Waals surface area contributed by atoms with Crippen LogP contribution in [0, 0.1) is 5.92 Å². The van der Waals surface area contributed by atoms with Crippen LogP contribution in [0.5, 0.6) is 0 Å². The van der Waals surface area contributed by atoms with Crippen LogP contribution in [-0.2, 0) is 19.2 Å². The summed E-state index contributed by atoms with van der Waals surface area (Å²) in [5.74, 6) is 0.875. The molecule has 0 heterocycles. The molecular formula is C25H48N4O4S. The minimum Gasteiger partial charge on any atom is -0.356 e. The zero-order valence-corrected chi connectivity index (χ0v) is 22.9. The van der Waals surface area contributed by atoms with E-state index in [9.17, 15) is 19.2 Å². The SMILES string of the molecule is CSCCC(NC(C)C)C(=O)NCC(=O)NC(C)CCCCNC(=O)CCCCC(=O)C(C)C. The van der Waals surface area contributed by atoms with Crippen molar-refractivity contribution in [3.05, 3.63) is 0 Å². The van der Waals surface area contributed by atoms with Crippen LogP contribution < -0.4 is 21.3 Å². The normalized spacial score (nSPS) is 12.9. The molecule has 0 aromatic rings. The zero-order chi connectivity index (χ0) is 25.9. The lowest BCUT2D eigenvalue weighted by Gasteiger charge is -2.21. The fourth-order valence-electron chi connectivity index (χ4n) is 3.38. The Kier molecular flexibility index (Phi) is 18.7. The van der Waals surface area contributed by atoms with Crippen molar-refractivity contribution in [2.24, 2.45) is 5.92 Å². The highest BCUT2D eigenvalue weighted by atomic mass is 32.2. The van der Waals surface area contributed by atoms with Crippen LogP contribution in [0.2, 0.25) is 0 Å². The van der Waals surface area contributed by atoms with Crippen molar-refractivity contribution in [3.8, 4) is 0 Å². The van der Waals surface area contributed by atoms with Crippen LogP contribution in [0.3, 0.4) is 0 Å². The van der Waals surface area contributed by atoms with Crippen molar-refractivity contribution in [3.63, 3.8) is 0 Å². The Bertz CT molecular complexity index is 614. The molecule has 4 N–H and O–H groups in total. The van der Waals surface area contributed by atoms with Gasteiger partial charge in [0.2, 0.25) is 17.7 Å². The van der Waals surface area contributed by atoms with E-state index in [1.807, 2.05) is 40.9 Å². The lowest BCUT2D eigenvalue weighted by molar-refractivity contribution is -0.127. The molecule has 0 saturated heterocycles. The number of carbonyl (C=O) groups excluding carboxylic acids is 4. The Balaban J connectivity index is 3.93. The molecule has 0 radical (unpaired) electrons. The highest BCUT2D eigenvalue weighted by Crippen LogP contribution is 2.06. The fraction of sp³-hybridized carbons (Fsp3) is 0.840. The van der Waals surface area contributed by atoms with Gasteiger partial charge in [-0.15, -0.1) is 0 Å². The number of thioether (sulfide) groups is 1. The molecule has 8 nitrogen and oxygen atoms in total. The summed E-state index contributed by atoms with van der Waals surface area (Å²) in [4.78, 5) is 48.0. The highest BCUT2D eigenvalue weighted by Gasteiger charge is 2.19. The average Bonchev–Trinajstić information content (AvgIpc) is 2.77. The summed E-state index contributed by atoms with van der Waals surface area (Å²) >= 11 is 1.69. The third-order valence-electron chi connectivity index (χ3n) is 5.40. The second kappa shape index (κ2) is 19.7. The van der Waals surface area contributed by atoms with Gasteiger partial charge >= 0.3 is 0 Å². The summed E-state index contributed by atoms with van der Waals surface area (Å²) in [7, 11) is 0. The maximum absolute atomic E-state index is 12.4. The Morgan fingerprint density at radius 1 is 0.794 bits per heavy atom. The largest absolute Gasteiger partial charge is 0.356 e. The van der Waals surface area contributed by atoms with Crippen LogP contribution >= 0.6 is 11.8 Å². The van der Waals surface area contributed by atoms with Gasteiger partial charge in [0.05, 0.1) is 12.6 Å². The number of nitrogens with one attached hydrogen (secondary N) is 4. The Hall–Kier alpha value is -1.61. The summed E-state index contributed by atoms with van der Waals surface area (Å²) < 4.78 is 0. The minimum absolute atomic E-state index is 0.000301. The monoisotopic (exact) mass is 500 g/mol. The molecule has 34 heavy (non-hydrogen) atoms. The van der Waals surface area contributed by atoms with Crippen molar-refractivity contribution in [2.45, 2.75) is 104 Å². The maximum Gasteiger partial charge on any atom is 0.239 e. The summed E-state index contributed by atoms with van der Waals surface area (Å²) in [6, 6.07) is -0.105. The number of hydrogen-bond acceptors (Lipinski definition) is 6. The van der Waals surface area contributed by atoms with E-state index < -0.39 is 0 Å². The van der Waals surface area contributed by atoms with E-state index in [2.05, 4.69) is 21.3 Å². The third-order valence-corrected chi connectivity index (χ3v) is 6.04. The van der Waals surface area contributed by atoms with E-state index in [0.717, 1.165) is 44.3 Å². The van der Waals surface area contributed by atoms with Gasteiger partial charge in [-0.25, -0.2) is 0 Å². The topological polar surface area (TPSA) is 116 Å². The van der Waals surface area contributed by atoms with Crippen LogP contribution in [0.1, 0.15) is 86.0 Å². The Labute approximate surface area is 210 Å². The van der Waals surface area contributed by atoms with Gasteiger partial charge in [0.25, 0.3) is 0 Å². The molecule has 0 bridgehead atoms. The summed E-state index contributed by atoms with van der Waals surface area (Å²) in [5, 5.41) is 11.8. The van der Waals surface area contributed by atoms with E-state index in [1.54, 1.807) is 11.8 Å². The van der Waals surface area contributed by atoms with Crippen LogP contribution in [0.4, 0.5) is 0 Å². The zero-order valence-electron chi connectivity index (χ0n) is 22.1. The number of amides is 3. The molecule has 0 aliphatic heterocycles. The molecule has 2 unspecified atom stereocenters. The first-order chi connectivity index (χ1) is 16.1. The molecule has 0 aromatic carbocycles. The number of ketones is 1. The molecular weight excluding hydrogens is 452 g/mol. The van der Waals surface area contributed by atoms with Gasteiger partial charge in [0.1, 0.15) is 5.78 Å². The molecule has 0 aliphatic carbocycles. The van der Waals surface area contributed by atoms with E-state index in [1.165, 1.54) is 0 Å². The second-order valence-electron chi connectivity index (χ2n) is 9.52. The molecule has 0 fully saturated rings. The van der Waals surface area contributed by atoms with Crippen molar-refractivity contribution < 1.29 is 19.2 Å². The van der Waals surface area contributed by atoms with Crippen molar-refractivity contribution in [1.29, 1.82) is 0 Å². The number of carbonyl (C=O) groups is 4. The first-order valence-electron chi connectivity index (χ1n) is 12.7. The molecule has 0 rings (SSSR count). The van der Waals surface area contributed by atoms with Crippen LogP contribution in [0.15, 0.2) is 0 Å². The predicted molar refractivity (Wildman–Crippen MR) is 141 cm³/mol. The molecule has 198 valence electrons. The first-order valence-corrected chi connectivity index (χ1v) is 14.1. The standard InChI is InChI=1S/C25H48N4O4S/c1-18(2)22(30)12-7-8-13-23(31)26-15-10-9-11-20(5)29-24(32)17-27-25(33)21(14-16-34-6)28-19(3)4/h18-21,28H,7-17H2,1-6H3,(H,26,31)(H,27,33)(H,29,32). The minimum atomic E-state index is -0.296. The quantitative estimate of drug-likeness (QED) is 0.191. The lowest BCUT2D eigenvalue weighted by Crippen LogP contribution is -2.50. The van der Waals surface area contributed by atoms with Gasteiger partial charge in [-0.1, -0.05) is 27.7 Å². The number of unbranched alkanes of at least 4 members (excludes halogenated alkanes) is 2. The van der Waals surface area contributed by atoms with Crippen LogP contribution in [0.25, 0.3) is 0 Å². The van der Waals surface area contributed by atoms with Crippen LogP contribution in [-0.4, -0.2) is 66.7 Å². The molecule has 3 amide bonds. The van der Waals surface area contributed by atoms with E-state index in [4.69, 9.17) is 0 Å². The highest BCUT2D eigenvalue weighted by molar-refractivity contribution is 7.98. The van der Waals surface area contributed by atoms with E-state index in [-0.39, 0.29) is 54.1 Å². The molecule has 0 spiro atoms. The van der Waals surface area contributed by atoms with Gasteiger partial charge in [-0.2, -0.15) is 11.8 Å². The number of hydrogen-bond donors (Lipinski definition) is 4. The third kappa shape index (κ3) is 17.8. The number of Topliss-reactive ketones (excluding diaryl/α,β-unsaturated/α-hetero) is 1. The maximum atomic E-state index is 12.4. The summed E-state index contributed by atoms with van der Waals surface area (Å²) in [6.07, 6.45) is 7.74. The van der Waals surface area contributed by atoms with Gasteiger partial charge in [0, 0.05) is 37.4 Å². The molecule has 0 aromatic heterocycles. The predicted octanol–water partition coefficient (Wildman–Crippen LogP) is 2.80. The molecule has 9 heteroatoms. The number of rotatable bonds is 20. The summed E-state index contributed by atoms with van der Waals surface area (Å²) in [5.41, 5.74) is 0. The van der Waals surface area contributed by atoms with Crippen molar-refractivity contribution in [1.82, 2.24) is 21.3 Å². The average molecular weight is 501 g/mol. The fourth-order valence-corrected chi connectivity index (χ4v) is 3.85. The van der Waals surface area contributed by atoms with Gasteiger partial charge < -0.3 is 21.3 Å². The Morgan fingerprint density at radius 3 is 2.09 bits per heavy atom. The molecule has 2 atom stereocenters. The van der Waals surface area contributed by atoms with Crippen molar-refractivity contribution >= 4 is 35.3 Å². The first kappa shape index (κ1) is 32.4. The van der Waals surface area contributed by atoms with Gasteiger partial charge in [-0.3, -0.25) is 19.2 Å². The molecule has 0 saturated carbocycles. The smallest absolute Gasteiger partial charge is 0.239 e. The Morgan fingerprint density at radius 2 is 1.47 bits per heavy atom. The summed E-state index contributed by atoms with van der Waals surface area (Å²) in [6.45, 7) is 10.3. The van der Waals surface area contributed by atoms with Gasteiger partial charge in [0.15, 0.2) is 0 Å². The van der Waals surface area contributed by atoms with Gasteiger partial charge in [-0.05, 0) is 57.5 Å². The van der Waals surface area contributed by atoms with E-state index >= 15 is 0 Å².